The highest BCUT2D eigenvalue weighted by molar-refractivity contribution is 7.07. The number of amides is 1. The van der Waals surface area contributed by atoms with E-state index in [0.717, 1.165) is 37.4 Å². The Bertz CT molecular complexity index is 679. The number of thiophene rings is 1. The number of nitrogens with zero attached hydrogens (tertiary/aromatic N) is 1. The van der Waals surface area contributed by atoms with Crippen LogP contribution >= 0.6 is 11.3 Å². The number of carbonyl (C=O) groups excluding carboxylic acids is 1. The summed E-state index contributed by atoms with van der Waals surface area (Å²) in [5, 5.41) is 7.37. The van der Waals surface area contributed by atoms with E-state index in [1.54, 1.807) is 11.3 Å². The van der Waals surface area contributed by atoms with Crippen molar-refractivity contribution in [2.75, 3.05) is 32.8 Å². The molecule has 4 nitrogen and oxygen atoms in total. The van der Waals surface area contributed by atoms with Crippen molar-refractivity contribution in [3.8, 4) is 0 Å². The predicted molar refractivity (Wildman–Crippen MR) is 97.7 cm³/mol. The predicted octanol–water partition coefficient (Wildman–Crippen LogP) is 3.17. The molecule has 1 aliphatic rings. The Morgan fingerprint density at radius 1 is 1.25 bits per heavy atom. The first-order chi connectivity index (χ1) is 11.6. The standard InChI is InChI=1S/C19H24N2O2S/c1-14-3-4-16(11-15(14)2)19(22)20-12-18(17-5-10-24-13-17)21-6-8-23-9-7-21/h3-5,10-11,13,18H,6-9,12H2,1-2H3,(H,20,22)/t18-/m0/s1. The molecule has 1 fully saturated rings. The first kappa shape index (κ1) is 17.1. The summed E-state index contributed by atoms with van der Waals surface area (Å²) in [7, 11) is 0. The van der Waals surface area contributed by atoms with Crippen LogP contribution in [-0.4, -0.2) is 43.7 Å². The maximum absolute atomic E-state index is 12.5. The van der Waals surface area contributed by atoms with Crippen molar-refractivity contribution in [3.63, 3.8) is 0 Å². The average Bonchev–Trinajstić information content (AvgIpc) is 3.12. The summed E-state index contributed by atoms with van der Waals surface area (Å²) in [5.41, 5.74) is 4.34. The molecule has 1 aromatic carbocycles. The van der Waals surface area contributed by atoms with Gasteiger partial charge in [0, 0.05) is 25.2 Å². The van der Waals surface area contributed by atoms with E-state index in [9.17, 15) is 4.79 Å². The number of hydrogen-bond acceptors (Lipinski definition) is 4. The molecule has 0 spiro atoms. The molecule has 3 rings (SSSR count). The van der Waals surface area contributed by atoms with E-state index < -0.39 is 0 Å². The Labute approximate surface area is 147 Å². The van der Waals surface area contributed by atoms with Gasteiger partial charge in [0.15, 0.2) is 0 Å². The highest BCUT2D eigenvalue weighted by atomic mass is 32.1. The lowest BCUT2D eigenvalue weighted by Gasteiger charge is -2.34. The zero-order valence-electron chi connectivity index (χ0n) is 14.2. The molecule has 1 atom stereocenters. The Morgan fingerprint density at radius 2 is 2.04 bits per heavy atom. The zero-order chi connectivity index (χ0) is 16.9. The summed E-state index contributed by atoms with van der Waals surface area (Å²) in [6.07, 6.45) is 0. The minimum atomic E-state index is -0.00779. The van der Waals surface area contributed by atoms with Crippen LogP contribution in [0.15, 0.2) is 35.0 Å². The van der Waals surface area contributed by atoms with Gasteiger partial charge in [-0.05, 0) is 59.5 Å². The van der Waals surface area contributed by atoms with Crippen LogP contribution in [0.3, 0.4) is 0 Å². The van der Waals surface area contributed by atoms with Gasteiger partial charge in [0.1, 0.15) is 0 Å². The molecule has 2 aromatic rings. The van der Waals surface area contributed by atoms with Crippen molar-refractivity contribution in [1.82, 2.24) is 10.2 Å². The second-order valence-electron chi connectivity index (χ2n) is 6.23. The van der Waals surface area contributed by atoms with E-state index in [0.29, 0.717) is 6.54 Å². The fourth-order valence-electron chi connectivity index (χ4n) is 2.99. The highest BCUT2D eigenvalue weighted by Gasteiger charge is 2.23. The lowest BCUT2D eigenvalue weighted by molar-refractivity contribution is 0.0163. The fourth-order valence-corrected chi connectivity index (χ4v) is 3.69. The summed E-state index contributed by atoms with van der Waals surface area (Å²) in [5.74, 6) is -0.00779. The number of carbonyl (C=O) groups is 1. The number of rotatable bonds is 5. The van der Waals surface area contributed by atoms with Gasteiger partial charge in [-0.2, -0.15) is 11.3 Å². The van der Waals surface area contributed by atoms with Crippen LogP contribution in [0.1, 0.15) is 33.1 Å². The third-order valence-corrected chi connectivity index (χ3v) is 5.34. The minimum Gasteiger partial charge on any atom is -0.379 e. The Morgan fingerprint density at radius 3 is 2.71 bits per heavy atom. The number of aryl methyl sites for hydroxylation is 2. The van der Waals surface area contributed by atoms with Crippen molar-refractivity contribution < 1.29 is 9.53 Å². The molecule has 1 N–H and O–H groups in total. The van der Waals surface area contributed by atoms with Gasteiger partial charge in [-0.3, -0.25) is 9.69 Å². The van der Waals surface area contributed by atoms with Gasteiger partial charge in [-0.25, -0.2) is 0 Å². The lowest BCUT2D eigenvalue weighted by Crippen LogP contribution is -2.43. The van der Waals surface area contributed by atoms with Crippen LogP contribution < -0.4 is 5.32 Å². The topological polar surface area (TPSA) is 41.6 Å². The quantitative estimate of drug-likeness (QED) is 0.906. The number of morpholine rings is 1. The molecule has 0 aliphatic carbocycles. The van der Waals surface area contributed by atoms with E-state index in [2.05, 4.69) is 34.0 Å². The van der Waals surface area contributed by atoms with E-state index in [1.807, 2.05) is 25.1 Å². The van der Waals surface area contributed by atoms with Gasteiger partial charge in [-0.1, -0.05) is 6.07 Å². The first-order valence-corrected chi connectivity index (χ1v) is 9.29. The fraction of sp³-hybridized carbons (Fsp3) is 0.421. The molecular formula is C19H24N2O2S. The number of nitrogens with one attached hydrogen (secondary N) is 1. The molecule has 0 bridgehead atoms. The third-order valence-electron chi connectivity index (χ3n) is 4.64. The van der Waals surface area contributed by atoms with E-state index in [1.165, 1.54) is 11.1 Å². The van der Waals surface area contributed by atoms with Gasteiger partial charge in [0.2, 0.25) is 0 Å². The monoisotopic (exact) mass is 344 g/mol. The lowest BCUT2D eigenvalue weighted by atomic mass is 10.1. The SMILES string of the molecule is Cc1ccc(C(=O)NC[C@@H](c2ccsc2)N2CCOCC2)cc1C. The summed E-state index contributed by atoms with van der Waals surface area (Å²) in [6, 6.07) is 8.20. The maximum Gasteiger partial charge on any atom is 0.251 e. The van der Waals surface area contributed by atoms with Gasteiger partial charge >= 0.3 is 0 Å². The van der Waals surface area contributed by atoms with Crippen LogP contribution in [0.2, 0.25) is 0 Å². The maximum atomic E-state index is 12.5. The highest BCUT2D eigenvalue weighted by Crippen LogP contribution is 2.23. The molecule has 0 radical (unpaired) electrons. The Balaban J connectivity index is 1.68. The van der Waals surface area contributed by atoms with Crippen molar-refractivity contribution in [2.45, 2.75) is 19.9 Å². The smallest absolute Gasteiger partial charge is 0.251 e. The molecule has 2 heterocycles. The van der Waals surface area contributed by atoms with Gasteiger partial charge < -0.3 is 10.1 Å². The van der Waals surface area contributed by atoms with Crippen LogP contribution in [0.4, 0.5) is 0 Å². The van der Waals surface area contributed by atoms with Crippen molar-refractivity contribution in [1.29, 1.82) is 0 Å². The van der Waals surface area contributed by atoms with Gasteiger partial charge in [0.05, 0.1) is 19.3 Å². The Hall–Kier alpha value is -1.69. The van der Waals surface area contributed by atoms with Crippen LogP contribution in [-0.2, 0) is 4.74 Å². The minimum absolute atomic E-state index is 0.00779. The molecule has 128 valence electrons. The van der Waals surface area contributed by atoms with Crippen LogP contribution in [0.5, 0.6) is 0 Å². The second-order valence-corrected chi connectivity index (χ2v) is 7.01. The largest absolute Gasteiger partial charge is 0.379 e. The number of ether oxygens (including phenoxy) is 1. The number of hydrogen-bond donors (Lipinski definition) is 1. The summed E-state index contributed by atoms with van der Waals surface area (Å²) < 4.78 is 5.46. The van der Waals surface area contributed by atoms with Gasteiger partial charge in [-0.15, -0.1) is 0 Å². The van der Waals surface area contributed by atoms with Crippen LogP contribution in [0, 0.1) is 13.8 Å². The average molecular weight is 344 g/mol. The van der Waals surface area contributed by atoms with E-state index in [4.69, 9.17) is 4.74 Å². The Kier molecular flexibility index (Phi) is 5.66. The summed E-state index contributed by atoms with van der Waals surface area (Å²) in [6.45, 7) is 8.02. The molecule has 1 aromatic heterocycles. The normalized spacial score (nSPS) is 16.8. The molecular weight excluding hydrogens is 320 g/mol. The van der Waals surface area contributed by atoms with Crippen molar-refractivity contribution in [2.24, 2.45) is 0 Å². The summed E-state index contributed by atoms with van der Waals surface area (Å²) >= 11 is 1.70. The molecule has 5 heteroatoms. The van der Waals surface area contributed by atoms with E-state index in [-0.39, 0.29) is 11.9 Å². The van der Waals surface area contributed by atoms with E-state index >= 15 is 0 Å². The van der Waals surface area contributed by atoms with Crippen molar-refractivity contribution >= 4 is 17.2 Å². The molecule has 1 amide bonds. The molecule has 0 saturated carbocycles. The third kappa shape index (κ3) is 4.04. The molecule has 1 saturated heterocycles. The molecule has 1 aliphatic heterocycles. The van der Waals surface area contributed by atoms with Crippen LogP contribution in [0.25, 0.3) is 0 Å². The number of benzene rings is 1. The second kappa shape index (κ2) is 7.92. The van der Waals surface area contributed by atoms with Gasteiger partial charge in [0.25, 0.3) is 5.91 Å². The summed E-state index contributed by atoms with van der Waals surface area (Å²) in [4.78, 5) is 14.9. The van der Waals surface area contributed by atoms with Crippen molar-refractivity contribution in [3.05, 3.63) is 57.3 Å². The first-order valence-electron chi connectivity index (χ1n) is 8.34. The molecule has 24 heavy (non-hydrogen) atoms. The zero-order valence-corrected chi connectivity index (χ0v) is 15.1. The molecule has 0 unspecified atom stereocenters.